The smallest absolute Gasteiger partial charge is 0.251 e. The highest BCUT2D eigenvalue weighted by atomic mass is 35.5. The maximum atomic E-state index is 13.0. The number of carbonyl (C=O) groups is 1. The fraction of sp³-hybridized carbons (Fsp3) is 0.296. The van der Waals surface area contributed by atoms with E-state index >= 15 is 0 Å². The Hall–Kier alpha value is -2.47. The second kappa shape index (κ2) is 9.80. The van der Waals surface area contributed by atoms with Gasteiger partial charge in [0.15, 0.2) is 0 Å². The highest BCUT2D eigenvalue weighted by molar-refractivity contribution is 7.99. The molecule has 4 nitrogen and oxygen atoms in total. The fourth-order valence-electron chi connectivity index (χ4n) is 4.74. The molecule has 2 aliphatic heterocycles. The van der Waals surface area contributed by atoms with Crippen molar-refractivity contribution in [3.8, 4) is 0 Å². The molecule has 1 N–H and O–H groups in total. The molecule has 1 unspecified atom stereocenters. The molecule has 0 aromatic heterocycles. The van der Waals surface area contributed by atoms with Crippen LogP contribution in [0.4, 0.5) is 11.4 Å². The molecule has 0 bridgehead atoms. The van der Waals surface area contributed by atoms with Crippen LogP contribution in [0, 0.1) is 0 Å². The van der Waals surface area contributed by atoms with Crippen molar-refractivity contribution in [1.82, 2.24) is 10.2 Å². The lowest BCUT2D eigenvalue weighted by Gasteiger charge is -2.39. The molecule has 0 aliphatic carbocycles. The molecule has 1 atom stereocenters. The van der Waals surface area contributed by atoms with Crippen LogP contribution in [0.25, 0.3) is 0 Å². The fourth-order valence-corrected chi connectivity index (χ4v) is 5.99. The Morgan fingerprint density at radius 1 is 1.00 bits per heavy atom. The number of nitrogens with one attached hydrogen (secondary N) is 1. The van der Waals surface area contributed by atoms with Crippen LogP contribution in [0.1, 0.15) is 35.7 Å². The Morgan fingerprint density at radius 2 is 1.73 bits per heavy atom. The summed E-state index contributed by atoms with van der Waals surface area (Å²) in [6.07, 6.45) is 2.57. The van der Waals surface area contributed by atoms with Gasteiger partial charge in [-0.3, -0.25) is 4.79 Å². The normalized spacial score (nSPS) is 16.2. The Balaban J connectivity index is 1.42. The van der Waals surface area contributed by atoms with E-state index in [1.54, 1.807) is 11.8 Å². The second-order valence-corrected chi connectivity index (χ2v) is 10.2. The standard InChI is InChI=1S/C27H28ClN3OS/c1-19(18-30-14-6-7-15-30)31-23-10-4-5-11-25(23)33-26-13-12-20(16-24(26)31)27(32)29-17-21-8-2-3-9-22(21)28/h2-5,8-13,16,19H,6-7,14-15,17-18H2,1H3,(H,29,32). The maximum absolute atomic E-state index is 13.0. The minimum Gasteiger partial charge on any atom is -0.348 e. The first-order valence-electron chi connectivity index (χ1n) is 11.5. The molecule has 0 radical (unpaired) electrons. The van der Waals surface area contributed by atoms with Crippen LogP contribution in [-0.2, 0) is 6.54 Å². The van der Waals surface area contributed by atoms with Crippen LogP contribution in [-0.4, -0.2) is 36.5 Å². The van der Waals surface area contributed by atoms with Gasteiger partial charge in [-0.1, -0.05) is 53.7 Å². The Morgan fingerprint density at radius 3 is 2.55 bits per heavy atom. The largest absolute Gasteiger partial charge is 0.348 e. The molecule has 1 saturated heterocycles. The molecule has 33 heavy (non-hydrogen) atoms. The lowest BCUT2D eigenvalue weighted by molar-refractivity contribution is 0.0951. The van der Waals surface area contributed by atoms with Crippen LogP contribution in [0.15, 0.2) is 76.5 Å². The minimum atomic E-state index is -0.0891. The number of benzene rings is 3. The molecule has 2 aliphatic rings. The van der Waals surface area contributed by atoms with Crippen molar-refractivity contribution in [2.24, 2.45) is 0 Å². The number of amides is 1. The van der Waals surface area contributed by atoms with Gasteiger partial charge in [-0.05, 0) is 74.8 Å². The summed E-state index contributed by atoms with van der Waals surface area (Å²) in [7, 11) is 0. The topological polar surface area (TPSA) is 35.6 Å². The van der Waals surface area contributed by atoms with Gasteiger partial charge in [0.1, 0.15) is 0 Å². The van der Waals surface area contributed by atoms with E-state index in [0.29, 0.717) is 23.2 Å². The van der Waals surface area contributed by atoms with Gasteiger partial charge < -0.3 is 15.1 Å². The molecule has 1 amide bonds. The van der Waals surface area contributed by atoms with Crippen molar-refractivity contribution in [2.75, 3.05) is 24.5 Å². The van der Waals surface area contributed by atoms with Crippen LogP contribution in [0.5, 0.6) is 0 Å². The van der Waals surface area contributed by atoms with Crippen LogP contribution < -0.4 is 10.2 Å². The maximum Gasteiger partial charge on any atom is 0.251 e. The van der Waals surface area contributed by atoms with Crippen molar-refractivity contribution in [3.63, 3.8) is 0 Å². The summed E-state index contributed by atoms with van der Waals surface area (Å²) < 4.78 is 0. The SMILES string of the molecule is CC(CN1CCCC1)N1c2ccccc2Sc2ccc(C(=O)NCc3ccccc3Cl)cc21. The van der Waals surface area contributed by atoms with Crippen molar-refractivity contribution < 1.29 is 4.79 Å². The van der Waals surface area contributed by atoms with Gasteiger partial charge >= 0.3 is 0 Å². The van der Waals surface area contributed by atoms with E-state index in [1.807, 2.05) is 36.4 Å². The average Bonchev–Trinajstić information content (AvgIpc) is 3.34. The molecule has 5 rings (SSSR count). The van der Waals surface area contributed by atoms with Gasteiger partial charge in [-0.2, -0.15) is 0 Å². The number of anilines is 2. The summed E-state index contributed by atoms with van der Waals surface area (Å²) in [6.45, 7) is 6.06. The highest BCUT2D eigenvalue weighted by Crippen LogP contribution is 2.49. The Bertz CT molecular complexity index is 1160. The molecule has 6 heteroatoms. The van der Waals surface area contributed by atoms with Crippen molar-refractivity contribution in [2.45, 2.75) is 42.1 Å². The first-order valence-corrected chi connectivity index (χ1v) is 12.7. The number of carbonyl (C=O) groups excluding carboxylic acids is 1. The Labute approximate surface area is 204 Å². The summed E-state index contributed by atoms with van der Waals surface area (Å²) in [5.41, 5.74) is 3.90. The number of likely N-dealkylation sites (tertiary alicyclic amines) is 1. The van der Waals surface area contributed by atoms with Gasteiger partial charge in [0.25, 0.3) is 5.91 Å². The van der Waals surface area contributed by atoms with Crippen LogP contribution >= 0.6 is 23.4 Å². The quantitative estimate of drug-likeness (QED) is 0.448. The number of hydrogen-bond acceptors (Lipinski definition) is 4. The summed E-state index contributed by atoms with van der Waals surface area (Å²) >= 11 is 8.03. The predicted molar refractivity (Wildman–Crippen MR) is 137 cm³/mol. The first kappa shape index (κ1) is 22.3. The van der Waals surface area contributed by atoms with Gasteiger partial charge in [0, 0.05) is 39.5 Å². The number of nitrogens with zero attached hydrogens (tertiary/aromatic N) is 2. The summed E-state index contributed by atoms with van der Waals surface area (Å²) in [6, 6.07) is 22.5. The molecule has 3 aromatic carbocycles. The van der Waals surface area contributed by atoms with E-state index in [4.69, 9.17) is 11.6 Å². The molecule has 2 heterocycles. The third kappa shape index (κ3) is 4.77. The van der Waals surface area contributed by atoms with Gasteiger partial charge in [0.05, 0.1) is 11.4 Å². The van der Waals surface area contributed by atoms with Crippen molar-refractivity contribution in [1.29, 1.82) is 0 Å². The van der Waals surface area contributed by atoms with E-state index in [-0.39, 0.29) is 5.91 Å². The van der Waals surface area contributed by atoms with E-state index in [1.165, 1.54) is 41.4 Å². The summed E-state index contributed by atoms with van der Waals surface area (Å²) in [4.78, 5) is 20.4. The zero-order chi connectivity index (χ0) is 22.8. The molecule has 170 valence electrons. The summed E-state index contributed by atoms with van der Waals surface area (Å²) in [5, 5.41) is 3.69. The van der Waals surface area contributed by atoms with Gasteiger partial charge in [-0.15, -0.1) is 0 Å². The van der Waals surface area contributed by atoms with E-state index < -0.39 is 0 Å². The molecule has 3 aromatic rings. The van der Waals surface area contributed by atoms with Crippen LogP contribution in [0.2, 0.25) is 5.02 Å². The lowest BCUT2D eigenvalue weighted by Crippen LogP contribution is -2.40. The lowest BCUT2D eigenvalue weighted by atomic mass is 10.1. The van der Waals surface area contributed by atoms with Gasteiger partial charge in [-0.25, -0.2) is 0 Å². The average molecular weight is 478 g/mol. The monoisotopic (exact) mass is 477 g/mol. The number of halogens is 1. The van der Waals surface area contributed by atoms with Gasteiger partial charge in [0.2, 0.25) is 0 Å². The Kier molecular flexibility index (Phi) is 6.63. The number of rotatable bonds is 6. The third-order valence-electron chi connectivity index (χ3n) is 6.38. The van der Waals surface area contributed by atoms with E-state index in [2.05, 4.69) is 52.4 Å². The highest BCUT2D eigenvalue weighted by Gasteiger charge is 2.29. The number of para-hydroxylation sites is 1. The zero-order valence-electron chi connectivity index (χ0n) is 18.8. The third-order valence-corrected chi connectivity index (χ3v) is 7.88. The zero-order valence-corrected chi connectivity index (χ0v) is 20.3. The molecular formula is C27H28ClN3OS. The van der Waals surface area contributed by atoms with E-state index in [9.17, 15) is 4.79 Å². The number of hydrogen-bond donors (Lipinski definition) is 1. The molecular weight excluding hydrogens is 450 g/mol. The van der Waals surface area contributed by atoms with Crippen molar-refractivity contribution in [3.05, 3.63) is 82.9 Å². The van der Waals surface area contributed by atoms with Crippen molar-refractivity contribution >= 4 is 40.6 Å². The second-order valence-electron chi connectivity index (χ2n) is 8.75. The molecule has 0 saturated carbocycles. The predicted octanol–water partition coefficient (Wildman–Crippen LogP) is 6.36. The molecule has 0 spiro atoms. The first-order chi connectivity index (χ1) is 16.1. The number of fused-ring (bicyclic) bond motifs is 2. The van der Waals surface area contributed by atoms with E-state index in [0.717, 1.165) is 17.8 Å². The summed E-state index contributed by atoms with van der Waals surface area (Å²) in [5.74, 6) is -0.0891. The van der Waals surface area contributed by atoms with Crippen LogP contribution in [0.3, 0.4) is 0 Å². The molecule has 1 fully saturated rings. The minimum absolute atomic E-state index is 0.0891.